The number of hydrogen-bond donors (Lipinski definition) is 2. The summed E-state index contributed by atoms with van der Waals surface area (Å²) in [7, 11) is 0. The highest BCUT2D eigenvalue weighted by molar-refractivity contribution is 5.84. The summed E-state index contributed by atoms with van der Waals surface area (Å²) in [6.07, 6.45) is 8.53. The van der Waals surface area contributed by atoms with E-state index < -0.39 is 0 Å². The molecule has 2 aromatic carbocycles. The van der Waals surface area contributed by atoms with Crippen molar-refractivity contribution >= 4 is 16.5 Å². The van der Waals surface area contributed by atoms with Crippen molar-refractivity contribution in [3.8, 4) is 0 Å². The van der Waals surface area contributed by atoms with Crippen molar-refractivity contribution in [2.75, 3.05) is 6.54 Å². The molecule has 0 bridgehead atoms. The Hall–Kier alpha value is -2.32. The van der Waals surface area contributed by atoms with Gasteiger partial charge in [-0.25, -0.2) is 0 Å². The SMILES string of the molecule is Cc1ccc(C2=CCNC(CC3CCc4[nH]c5ccccc5c4C3)C2)cc1. The van der Waals surface area contributed by atoms with Crippen LogP contribution in [-0.4, -0.2) is 17.6 Å². The molecule has 0 saturated carbocycles. The van der Waals surface area contributed by atoms with Crippen molar-refractivity contribution in [3.05, 3.63) is 77.0 Å². The Balaban J connectivity index is 1.29. The average Bonchev–Trinajstić information content (AvgIpc) is 3.07. The number of aryl methyl sites for hydroxylation is 2. The summed E-state index contributed by atoms with van der Waals surface area (Å²) < 4.78 is 0. The van der Waals surface area contributed by atoms with E-state index in [1.165, 1.54) is 59.0 Å². The third-order valence-corrected chi connectivity index (χ3v) is 6.46. The van der Waals surface area contributed by atoms with E-state index in [2.05, 4.69) is 71.8 Å². The number of aromatic nitrogens is 1. The second kappa shape index (κ2) is 7.01. The molecule has 3 aromatic rings. The van der Waals surface area contributed by atoms with Gasteiger partial charge in [0.1, 0.15) is 0 Å². The first-order valence-electron chi connectivity index (χ1n) is 10.3. The van der Waals surface area contributed by atoms with Crippen LogP contribution >= 0.6 is 0 Å². The third kappa shape index (κ3) is 3.35. The number of rotatable bonds is 3. The van der Waals surface area contributed by atoms with Crippen molar-refractivity contribution in [2.24, 2.45) is 5.92 Å². The molecule has 1 aliphatic carbocycles. The minimum Gasteiger partial charge on any atom is -0.358 e. The van der Waals surface area contributed by atoms with E-state index in [1.54, 1.807) is 5.56 Å². The van der Waals surface area contributed by atoms with Gasteiger partial charge in [0.25, 0.3) is 0 Å². The highest BCUT2D eigenvalue weighted by Crippen LogP contribution is 2.35. The van der Waals surface area contributed by atoms with Crippen LogP contribution < -0.4 is 5.32 Å². The second-order valence-corrected chi connectivity index (χ2v) is 8.38. The van der Waals surface area contributed by atoms with Gasteiger partial charge in [-0.05, 0) is 67.7 Å². The van der Waals surface area contributed by atoms with Crippen LogP contribution in [0, 0.1) is 12.8 Å². The molecule has 0 amide bonds. The number of nitrogens with one attached hydrogen (secondary N) is 2. The Morgan fingerprint density at radius 1 is 1.00 bits per heavy atom. The van der Waals surface area contributed by atoms with Gasteiger partial charge in [-0.15, -0.1) is 0 Å². The van der Waals surface area contributed by atoms with Gasteiger partial charge < -0.3 is 10.3 Å². The lowest BCUT2D eigenvalue weighted by molar-refractivity contribution is 0.356. The number of benzene rings is 2. The molecule has 0 fully saturated rings. The molecule has 1 aliphatic heterocycles. The Bertz CT molecular complexity index is 977. The summed E-state index contributed by atoms with van der Waals surface area (Å²) in [6.45, 7) is 3.16. The Labute approximate surface area is 161 Å². The second-order valence-electron chi connectivity index (χ2n) is 8.38. The lowest BCUT2D eigenvalue weighted by Gasteiger charge is -2.30. The van der Waals surface area contributed by atoms with Crippen molar-refractivity contribution in [3.63, 3.8) is 0 Å². The summed E-state index contributed by atoms with van der Waals surface area (Å²) in [5.41, 5.74) is 8.61. The van der Waals surface area contributed by atoms with E-state index in [-0.39, 0.29) is 0 Å². The molecule has 2 atom stereocenters. The van der Waals surface area contributed by atoms with Gasteiger partial charge >= 0.3 is 0 Å². The van der Waals surface area contributed by atoms with Gasteiger partial charge in [0.2, 0.25) is 0 Å². The average molecular weight is 357 g/mol. The highest BCUT2D eigenvalue weighted by Gasteiger charge is 2.26. The number of aromatic amines is 1. The molecule has 2 heteroatoms. The van der Waals surface area contributed by atoms with E-state index in [1.807, 2.05) is 0 Å². The number of fused-ring (bicyclic) bond motifs is 3. The number of hydrogen-bond acceptors (Lipinski definition) is 1. The van der Waals surface area contributed by atoms with Crippen LogP contribution in [0.4, 0.5) is 0 Å². The quantitative estimate of drug-likeness (QED) is 0.644. The molecule has 0 radical (unpaired) electrons. The van der Waals surface area contributed by atoms with Crippen LogP contribution in [0.5, 0.6) is 0 Å². The highest BCUT2D eigenvalue weighted by atomic mass is 14.9. The molecule has 2 aliphatic rings. The first-order chi connectivity index (χ1) is 13.3. The van der Waals surface area contributed by atoms with Gasteiger partial charge in [-0.3, -0.25) is 0 Å². The van der Waals surface area contributed by atoms with Crippen LogP contribution in [0.3, 0.4) is 0 Å². The van der Waals surface area contributed by atoms with Gasteiger partial charge in [0.15, 0.2) is 0 Å². The monoisotopic (exact) mass is 356 g/mol. The minimum atomic E-state index is 0.600. The van der Waals surface area contributed by atoms with E-state index in [9.17, 15) is 0 Å². The molecular formula is C25H28N2. The molecule has 27 heavy (non-hydrogen) atoms. The van der Waals surface area contributed by atoms with Crippen molar-refractivity contribution in [1.29, 1.82) is 0 Å². The summed E-state index contributed by atoms with van der Waals surface area (Å²) in [5, 5.41) is 5.19. The Morgan fingerprint density at radius 2 is 1.85 bits per heavy atom. The zero-order chi connectivity index (χ0) is 18.2. The fraction of sp³-hybridized carbons (Fsp3) is 0.360. The fourth-order valence-corrected chi connectivity index (χ4v) is 4.98. The zero-order valence-corrected chi connectivity index (χ0v) is 16.1. The van der Waals surface area contributed by atoms with E-state index in [4.69, 9.17) is 0 Å². The molecule has 2 heterocycles. The van der Waals surface area contributed by atoms with Crippen molar-refractivity contribution in [1.82, 2.24) is 10.3 Å². The summed E-state index contributed by atoms with van der Waals surface area (Å²) >= 11 is 0. The molecule has 5 rings (SSSR count). The van der Waals surface area contributed by atoms with Crippen LogP contribution in [0.15, 0.2) is 54.6 Å². The van der Waals surface area contributed by atoms with Gasteiger partial charge in [0, 0.05) is 29.2 Å². The fourth-order valence-electron chi connectivity index (χ4n) is 4.98. The molecule has 1 aromatic heterocycles. The van der Waals surface area contributed by atoms with E-state index in [0.29, 0.717) is 6.04 Å². The van der Waals surface area contributed by atoms with Crippen LogP contribution in [-0.2, 0) is 12.8 Å². The van der Waals surface area contributed by atoms with Crippen molar-refractivity contribution in [2.45, 2.75) is 45.1 Å². The van der Waals surface area contributed by atoms with Gasteiger partial charge in [-0.1, -0.05) is 54.1 Å². The topological polar surface area (TPSA) is 27.8 Å². The lowest BCUT2D eigenvalue weighted by Crippen LogP contribution is -2.35. The largest absolute Gasteiger partial charge is 0.358 e. The first-order valence-corrected chi connectivity index (χ1v) is 10.3. The van der Waals surface area contributed by atoms with Gasteiger partial charge in [0.05, 0.1) is 0 Å². The zero-order valence-electron chi connectivity index (χ0n) is 16.1. The molecule has 2 N–H and O–H groups in total. The maximum absolute atomic E-state index is 3.75. The number of para-hydroxylation sites is 1. The summed E-state index contributed by atoms with van der Waals surface area (Å²) in [6, 6.07) is 18.4. The Kier molecular flexibility index (Phi) is 4.37. The molecule has 2 unspecified atom stereocenters. The molecule has 0 saturated heterocycles. The smallest absolute Gasteiger partial charge is 0.0458 e. The Morgan fingerprint density at radius 3 is 2.74 bits per heavy atom. The van der Waals surface area contributed by atoms with E-state index >= 15 is 0 Å². The standard InChI is InChI=1S/C25H28N2/c1-17-6-9-19(10-7-17)20-12-13-26-21(16-20)14-18-8-11-25-23(15-18)22-4-2-3-5-24(22)27-25/h2-7,9-10,12,18,21,26-27H,8,11,13-16H2,1H3. The van der Waals surface area contributed by atoms with E-state index in [0.717, 1.165) is 18.9 Å². The van der Waals surface area contributed by atoms with Crippen LogP contribution in [0.25, 0.3) is 16.5 Å². The number of H-pyrrole nitrogens is 1. The van der Waals surface area contributed by atoms with Gasteiger partial charge in [-0.2, -0.15) is 0 Å². The third-order valence-electron chi connectivity index (χ3n) is 6.46. The van der Waals surface area contributed by atoms with Crippen LogP contribution in [0.2, 0.25) is 0 Å². The molecule has 138 valence electrons. The predicted octanol–water partition coefficient (Wildman–Crippen LogP) is 5.42. The summed E-state index contributed by atoms with van der Waals surface area (Å²) in [5.74, 6) is 0.784. The molecular weight excluding hydrogens is 328 g/mol. The first kappa shape index (κ1) is 16.8. The molecule has 2 nitrogen and oxygen atoms in total. The van der Waals surface area contributed by atoms with Crippen molar-refractivity contribution < 1.29 is 0 Å². The maximum atomic E-state index is 3.75. The lowest BCUT2D eigenvalue weighted by atomic mass is 9.80. The molecule has 0 spiro atoms. The predicted molar refractivity (Wildman–Crippen MR) is 114 cm³/mol. The minimum absolute atomic E-state index is 0.600. The maximum Gasteiger partial charge on any atom is 0.0458 e. The van der Waals surface area contributed by atoms with Crippen LogP contribution in [0.1, 0.15) is 41.6 Å². The summed E-state index contributed by atoms with van der Waals surface area (Å²) in [4.78, 5) is 3.65. The normalized spacial score (nSPS) is 22.5.